The number of hydrogen-bond acceptors (Lipinski definition) is 3. The highest BCUT2D eigenvalue weighted by atomic mass is 35.5. The van der Waals surface area contributed by atoms with Gasteiger partial charge in [-0.2, -0.15) is 5.10 Å². The lowest BCUT2D eigenvalue weighted by Gasteiger charge is -2.25. The van der Waals surface area contributed by atoms with Crippen LogP contribution in [0.1, 0.15) is 87.7 Å². The summed E-state index contributed by atoms with van der Waals surface area (Å²) < 4.78 is 1.85. The molecule has 1 aliphatic heterocycles. The predicted octanol–water partition coefficient (Wildman–Crippen LogP) is 7.73. The molecule has 3 aromatic rings. The van der Waals surface area contributed by atoms with E-state index in [2.05, 4.69) is 51.4 Å². The molecule has 4 rings (SSSR count). The molecule has 1 amide bonds. The standard InChI is InChI=1S/C34H45ClN4O/c1-25(2)14-20-38(21-15-26(3)4)34(40)28-16-22-39-32(23-28)30(11-7-10-19-37-17-8-6-9-18-37)33(36-39)31-24-29(35)13-12-27(31)5/h12-13,16,22-26H,6,8-10,14-15,17-21H2,1-5H3. The number of hydrogen-bond donors (Lipinski definition) is 0. The summed E-state index contributed by atoms with van der Waals surface area (Å²) in [7, 11) is 0. The Kier molecular flexibility index (Phi) is 10.7. The van der Waals surface area contributed by atoms with Crippen LogP contribution >= 0.6 is 11.6 Å². The number of aromatic nitrogens is 2. The number of nitrogens with zero attached hydrogens (tertiary/aromatic N) is 4. The minimum atomic E-state index is 0.0782. The third kappa shape index (κ3) is 7.89. The zero-order chi connectivity index (χ0) is 28.6. The molecule has 40 heavy (non-hydrogen) atoms. The lowest BCUT2D eigenvalue weighted by Crippen LogP contribution is -2.34. The van der Waals surface area contributed by atoms with Crippen molar-refractivity contribution < 1.29 is 4.79 Å². The highest BCUT2D eigenvalue weighted by Gasteiger charge is 2.20. The number of fused-ring (bicyclic) bond motifs is 1. The van der Waals surface area contributed by atoms with Gasteiger partial charge in [0.05, 0.1) is 11.1 Å². The highest BCUT2D eigenvalue weighted by Crippen LogP contribution is 2.31. The van der Waals surface area contributed by atoms with Gasteiger partial charge in [-0.3, -0.25) is 4.79 Å². The highest BCUT2D eigenvalue weighted by molar-refractivity contribution is 6.30. The summed E-state index contributed by atoms with van der Waals surface area (Å²) in [5, 5.41) is 5.61. The number of carbonyl (C=O) groups is 1. The van der Waals surface area contributed by atoms with E-state index in [9.17, 15) is 4.79 Å². The van der Waals surface area contributed by atoms with E-state index in [1.807, 2.05) is 45.9 Å². The van der Waals surface area contributed by atoms with Gasteiger partial charge in [0.2, 0.25) is 0 Å². The van der Waals surface area contributed by atoms with Gasteiger partial charge >= 0.3 is 0 Å². The summed E-state index contributed by atoms with van der Waals surface area (Å²) in [5.74, 6) is 8.07. The maximum atomic E-state index is 13.8. The van der Waals surface area contributed by atoms with Gasteiger partial charge in [0.25, 0.3) is 5.91 Å². The van der Waals surface area contributed by atoms with Crippen LogP contribution < -0.4 is 0 Å². The van der Waals surface area contributed by atoms with E-state index in [4.69, 9.17) is 16.7 Å². The Morgan fingerprint density at radius 2 is 1.73 bits per heavy atom. The number of likely N-dealkylation sites (tertiary alicyclic amines) is 1. The Balaban J connectivity index is 1.70. The van der Waals surface area contributed by atoms with Gasteiger partial charge < -0.3 is 9.80 Å². The summed E-state index contributed by atoms with van der Waals surface area (Å²) in [4.78, 5) is 18.3. The Morgan fingerprint density at radius 3 is 2.40 bits per heavy atom. The number of aryl methyl sites for hydroxylation is 1. The first kappa shape index (κ1) is 30.2. The van der Waals surface area contributed by atoms with Gasteiger partial charge in [-0.25, -0.2) is 4.52 Å². The minimum absolute atomic E-state index is 0.0782. The smallest absolute Gasteiger partial charge is 0.253 e. The van der Waals surface area contributed by atoms with Crippen molar-refractivity contribution in [2.45, 2.75) is 73.1 Å². The molecule has 0 unspecified atom stereocenters. The molecule has 0 atom stereocenters. The van der Waals surface area contributed by atoms with Crippen molar-refractivity contribution >= 4 is 23.0 Å². The lowest BCUT2D eigenvalue weighted by molar-refractivity contribution is 0.0741. The molecule has 0 aliphatic carbocycles. The van der Waals surface area contributed by atoms with E-state index in [1.165, 1.54) is 32.4 Å². The first-order valence-electron chi connectivity index (χ1n) is 15.0. The molecular formula is C34H45ClN4O. The molecule has 0 spiro atoms. The van der Waals surface area contributed by atoms with Crippen molar-refractivity contribution in [3.05, 3.63) is 58.2 Å². The number of carbonyl (C=O) groups excluding carboxylic acids is 1. The van der Waals surface area contributed by atoms with Gasteiger partial charge in [-0.05, 0) is 87.4 Å². The van der Waals surface area contributed by atoms with Crippen LogP contribution in [-0.4, -0.2) is 58.0 Å². The quantitative estimate of drug-likeness (QED) is 0.238. The fourth-order valence-electron chi connectivity index (χ4n) is 5.21. The number of benzene rings is 1. The summed E-state index contributed by atoms with van der Waals surface area (Å²) in [6.45, 7) is 15.8. The van der Waals surface area contributed by atoms with E-state index in [0.29, 0.717) is 22.4 Å². The molecule has 2 aromatic heterocycles. The summed E-state index contributed by atoms with van der Waals surface area (Å²) >= 11 is 6.41. The van der Waals surface area contributed by atoms with Crippen molar-refractivity contribution in [3.63, 3.8) is 0 Å². The summed E-state index contributed by atoms with van der Waals surface area (Å²) in [6, 6.07) is 9.75. The topological polar surface area (TPSA) is 40.9 Å². The molecule has 214 valence electrons. The maximum Gasteiger partial charge on any atom is 0.253 e. The number of pyridine rings is 1. The maximum absolute atomic E-state index is 13.8. The minimum Gasteiger partial charge on any atom is -0.339 e. The number of rotatable bonds is 10. The molecule has 0 N–H and O–H groups in total. The molecule has 1 aromatic carbocycles. The normalized spacial score (nSPS) is 14.1. The van der Waals surface area contributed by atoms with Crippen LogP contribution in [-0.2, 0) is 0 Å². The predicted molar refractivity (Wildman–Crippen MR) is 167 cm³/mol. The van der Waals surface area contributed by atoms with Crippen LogP contribution in [0, 0.1) is 30.6 Å². The van der Waals surface area contributed by atoms with Crippen molar-refractivity contribution in [2.24, 2.45) is 11.8 Å². The zero-order valence-electron chi connectivity index (χ0n) is 25.0. The molecule has 0 saturated carbocycles. The number of amides is 1. The van der Waals surface area contributed by atoms with Crippen molar-refractivity contribution in [3.8, 4) is 23.1 Å². The second-order valence-corrected chi connectivity index (χ2v) is 12.5. The van der Waals surface area contributed by atoms with Crippen LogP contribution in [0.4, 0.5) is 0 Å². The van der Waals surface area contributed by atoms with Crippen LogP contribution in [0.3, 0.4) is 0 Å². The van der Waals surface area contributed by atoms with Gasteiger partial charge in [0.15, 0.2) is 0 Å². The summed E-state index contributed by atoms with van der Waals surface area (Å²) in [5.41, 5.74) is 5.28. The van der Waals surface area contributed by atoms with Crippen LogP contribution in [0.5, 0.6) is 0 Å². The third-order valence-electron chi connectivity index (χ3n) is 7.79. The SMILES string of the molecule is Cc1ccc(Cl)cc1-c1nn2ccc(C(=O)N(CCC(C)C)CCC(C)C)cc2c1C#CCCN1CCCCC1. The monoisotopic (exact) mass is 560 g/mol. The Hall–Kier alpha value is -2.81. The Bertz CT molecular complexity index is 1350. The van der Waals surface area contributed by atoms with E-state index >= 15 is 0 Å². The molecule has 1 fully saturated rings. The van der Waals surface area contributed by atoms with Gasteiger partial charge in [-0.15, -0.1) is 0 Å². The Morgan fingerprint density at radius 1 is 1.02 bits per heavy atom. The average Bonchev–Trinajstić information content (AvgIpc) is 3.29. The fraction of sp³-hybridized carbons (Fsp3) is 0.529. The average molecular weight is 561 g/mol. The van der Waals surface area contributed by atoms with Gasteiger partial charge in [-0.1, -0.05) is 63.6 Å². The third-order valence-corrected chi connectivity index (χ3v) is 8.03. The largest absolute Gasteiger partial charge is 0.339 e. The first-order valence-corrected chi connectivity index (χ1v) is 15.4. The molecule has 0 bridgehead atoms. The van der Waals surface area contributed by atoms with Crippen LogP contribution in [0.2, 0.25) is 5.02 Å². The second kappa shape index (κ2) is 14.2. The summed E-state index contributed by atoms with van der Waals surface area (Å²) in [6.07, 6.45) is 8.58. The second-order valence-electron chi connectivity index (χ2n) is 12.0. The number of piperidine rings is 1. The Labute approximate surface area is 245 Å². The molecule has 1 saturated heterocycles. The van der Waals surface area contributed by atoms with Crippen molar-refractivity contribution in [1.29, 1.82) is 0 Å². The van der Waals surface area contributed by atoms with Crippen LogP contribution in [0.25, 0.3) is 16.8 Å². The molecule has 3 heterocycles. The van der Waals surface area contributed by atoms with Crippen molar-refractivity contribution in [1.82, 2.24) is 19.4 Å². The van der Waals surface area contributed by atoms with Gasteiger partial charge in [0.1, 0.15) is 5.69 Å². The van der Waals surface area contributed by atoms with E-state index in [0.717, 1.165) is 66.8 Å². The first-order chi connectivity index (χ1) is 19.2. The van der Waals surface area contributed by atoms with Gasteiger partial charge in [0, 0.05) is 48.4 Å². The molecule has 1 aliphatic rings. The molecule has 6 heteroatoms. The van der Waals surface area contributed by atoms with Crippen LogP contribution in [0.15, 0.2) is 36.5 Å². The number of halogens is 1. The molecule has 0 radical (unpaired) electrons. The van der Waals surface area contributed by atoms with Crippen molar-refractivity contribution in [2.75, 3.05) is 32.7 Å². The lowest BCUT2D eigenvalue weighted by atomic mass is 10.0. The van der Waals surface area contributed by atoms with E-state index in [-0.39, 0.29) is 5.91 Å². The van der Waals surface area contributed by atoms with E-state index in [1.54, 1.807) is 0 Å². The van der Waals surface area contributed by atoms with E-state index < -0.39 is 0 Å². The zero-order valence-corrected chi connectivity index (χ0v) is 25.7. The molecular weight excluding hydrogens is 516 g/mol. The fourth-order valence-corrected chi connectivity index (χ4v) is 5.39. The molecule has 5 nitrogen and oxygen atoms in total.